The molecule has 9 heteroatoms. The summed E-state index contributed by atoms with van der Waals surface area (Å²) in [5, 5.41) is 14.9. The van der Waals surface area contributed by atoms with Crippen LogP contribution in [0.1, 0.15) is 12.5 Å². The minimum atomic E-state index is -0.372. The average molecular weight is 475 g/mol. The molecule has 0 unspecified atom stereocenters. The number of aromatic hydroxyl groups is 1. The molecule has 0 fully saturated rings. The van der Waals surface area contributed by atoms with Crippen molar-refractivity contribution in [3.8, 4) is 17.2 Å². The Morgan fingerprint density at radius 1 is 1.09 bits per heavy atom. The van der Waals surface area contributed by atoms with Crippen LogP contribution in [0.25, 0.3) is 16.6 Å². The lowest BCUT2D eigenvalue weighted by molar-refractivity contribution is -0.118. The molecule has 2 N–H and O–H groups in total. The fraction of sp³-hybridized carbons (Fsp3) is 0.120. The number of phenols is 1. The van der Waals surface area contributed by atoms with Crippen LogP contribution < -0.4 is 15.7 Å². The van der Waals surface area contributed by atoms with Crippen LogP contribution >= 0.6 is 11.8 Å². The lowest BCUT2D eigenvalue weighted by Crippen LogP contribution is -2.24. The second-order valence-corrected chi connectivity index (χ2v) is 8.23. The van der Waals surface area contributed by atoms with Crippen molar-refractivity contribution >= 4 is 34.3 Å². The van der Waals surface area contributed by atoms with Crippen LogP contribution in [0.5, 0.6) is 11.5 Å². The maximum absolute atomic E-state index is 13.3. The maximum Gasteiger partial charge on any atom is 0.266 e. The molecular weight excluding hydrogens is 452 g/mol. The topological polar surface area (TPSA) is 106 Å². The zero-order valence-electron chi connectivity index (χ0n) is 18.6. The largest absolute Gasteiger partial charge is 0.507 e. The summed E-state index contributed by atoms with van der Waals surface area (Å²) in [7, 11) is 1.57. The Bertz CT molecular complexity index is 1430. The fourth-order valence-corrected chi connectivity index (χ4v) is 4.12. The molecule has 8 nitrogen and oxygen atoms in total. The maximum atomic E-state index is 13.3. The third-order valence-corrected chi connectivity index (χ3v) is 5.99. The normalized spacial score (nSPS) is 11.4. The van der Waals surface area contributed by atoms with Crippen LogP contribution in [0.3, 0.4) is 0 Å². The molecule has 0 atom stereocenters. The standard InChI is InChI=1S/C25H22N4O4S/c1-16(19-7-4-6-10-22(19)30)27-28-23(31)15-34-25-26-21-9-5-3-8-20(21)24(32)29(25)17-11-13-18(33-2)14-12-17/h3-14,30H,15H2,1-2H3,(H,28,31)/b27-16-. The van der Waals surface area contributed by atoms with Gasteiger partial charge in [-0.3, -0.25) is 14.2 Å². The number of methoxy groups -OCH3 is 1. The number of hydrogen-bond acceptors (Lipinski definition) is 7. The van der Waals surface area contributed by atoms with Gasteiger partial charge >= 0.3 is 0 Å². The minimum absolute atomic E-state index is 0.0154. The van der Waals surface area contributed by atoms with Gasteiger partial charge in [0.25, 0.3) is 11.5 Å². The molecule has 0 aliphatic heterocycles. The van der Waals surface area contributed by atoms with Gasteiger partial charge in [-0.15, -0.1) is 0 Å². The summed E-state index contributed by atoms with van der Waals surface area (Å²) in [5.74, 6) is 0.356. The summed E-state index contributed by atoms with van der Waals surface area (Å²) < 4.78 is 6.69. The van der Waals surface area contributed by atoms with Crippen molar-refractivity contribution in [1.82, 2.24) is 15.0 Å². The summed E-state index contributed by atoms with van der Waals surface area (Å²) in [6.45, 7) is 1.69. The number of carbonyl (C=O) groups is 1. The SMILES string of the molecule is COc1ccc(-n2c(SCC(=O)N/N=C(/C)c3ccccc3O)nc3ccccc3c2=O)cc1. The number of fused-ring (bicyclic) bond motifs is 1. The van der Waals surface area contributed by atoms with Crippen molar-refractivity contribution in [3.05, 3.63) is 88.7 Å². The molecule has 0 spiro atoms. The molecule has 0 radical (unpaired) electrons. The van der Waals surface area contributed by atoms with E-state index >= 15 is 0 Å². The molecule has 1 aromatic heterocycles. The van der Waals surface area contributed by atoms with Crippen molar-refractivity contribution in [2.45, 2.75) is 12.1 Å². The molecule has 0 aliphatic carbocycles. The number of hydrazone groups is 1. The molecule has 0 saturated heterocycles. The summed E-state index contributed by atoms with van der Waals surface area (Å²) >= 11 is 1.13. The lowest BCUT2D eigenvalue weighted by atomic mass is 10.1. The second kappa shape index (κ2) is 10.2. The summed E-state index contributed by atoms with van der Waals surface area (Å²) in [6.07, 6.45) is 0. The first-order valence-electron chi connectivity index (χ1n) is 10.4. The van der Waals surface area contributed by atoms with Crippen molar-refractivity contribution in [2.24, 2.45) is 5.10 Å². The van der Waals surface area contributed by atoms with Gasteiger partial charge in [0.15, 0.2) is 5.16 Å². The quantitative estimate of drug-likeness (QED) is 0.183. The van der Waals surface area contributed by atoms with Gasteiger partial charge in [-0.05, 0) is 55.5 Å². The third-order valence-electron chi connectivity index (χ3n) is 5.05. The highest BCUT2D eigenvalue weighted by Crippen LogP contribution is 2.23. The number of rotatable bonds is 7. The van der Waals surface area contributed by atoms with Gasteiger partial charge in [-0.1, -0.05) is 36.0 Å². The van der Waals surface area contributed by atoms with Gasteiger partial charge in [0.2, 0.25) is 0 Å². The third kappa shape index (κ3) is 4.94. The number of carbonyl (C=O) groups excluding carboxylic acids is 1. The molecule has 0 bridgehead atoms. The Kier molecular flexibility index (Phi) is 6.93. The van der Waals surface area contributed by atoms with Gasteiger partial charge in [-0.2, -0.15) is 5.10 Å². The summed E-state index contributed by atoms with van der Waals surface area (Å²) in [5.41, 5.74) is 4.42. The molecule has 0 aliphatic rings. The average Bonchev–Trinajstić information content (AvgIpc) is 2.86. The van der Waals surface area contributed by atoms with E-state index in [1.165, 1.54) is 4.57 Å². The minimum Gasteiger partial charge on any atom is -0.507 e. The van der Waals surface area contributed by atoms with Gasteiger partial charge in [-0.25, -0.2) is 10.4 Å². The Morgan fingerprint density at radius 3 is 2.53 bits per heavy atom. The Morgan fingerprint density at radius 2 is 1.79 bits per heavy atom. The predicted molar refractivity (Wildman–Crippen MR) is 133 cm³/mol. The van der Waals surface area contributed by atoms with E-state index in [9.17, 15) is 14.7 Å². The molecule has 172 valence electrons. The number of nitrogens with one attached hydrogen (secondary N) is 1. The highest BCUT2D eigenvalue weighted by atomic mass is 32.2. The van der Waals surface area contributed by atoms with Crippen LogP contribution in [-0.2, 0) is 4.79 Å². The zero-order valence-corrected chi connectivity index (χ0v) is 19.4. The second-order valence-electron chi connectivity index (χ2n) is 7.29. The lowest BCUT2D eigenvalue weighted by Gasteiger charge is -2.13. The van der Waals surface area contributed by atoms with Gasteiger partial charge < -0.3 is 9.84 Å². The van der Waals surface area contributed by atoms with Crippen molar-refractivity contribution in [1.29, 1.82) is 0 Å². The Labute approximate surface area is 199 Å². The van der Waals surface area contributed by atoms with E-state index in [1.807, 2.05) is 6.07 Å². The molecule has 1 amide bonds. The first-order chi connectivity index (χ1) is 16.5. The van der Waals surface area contributed by atoms with E-state index in [-0.39, 0.29) is 23.0 Å². The van der Waals surface area contributed by atoms with Crippen molar-refractivity contribution in [2.75, 3.05) is 12.9 Å². The van der Waals surface area contributed by atoms with Crippen molar-refractivity contribution < 1.29 is 14.6 Å². The molecule has 4 rings (SSSR count). The number of aromatic nitrogens is 2. The van der Waals surface area contributed by atoms with Crippen LogP contribution in [0, 0.1) is 0 Å². The van der Waals surface area contributed by atoms with E-state index in [2.05, 4.69) is 15.5 Å². The summed E-state index contributed by atoms with van der Waals surface area (Å²) in [6, 6.07) is 20.9. The van der Waals surface area contributed by atoms with Crippen LogP contribution in [-0.4, -0.2) is 39.1 Å². The first-order valence-corrected chi connectivity index (χ1v) is 11.4. The number of hydrogen-bond donors (Lipinski definition) is 2. The van der Waals surface area contributed by atoms with Gasteiger partial charge in [0, 0.05) is 5.56 Å². The first kappa shape index (κ1) is 23.1. The van der Waals surface area contributed by atoms with Gasteiger partial charge in [0.05, 0.1) is 35.2 Å². The number of thioether (sulfide) groups is 1. The van der Waals surface area contributed by atoms with E-state index in [0.717, 1.165) is 11.8 Å². The van der Waals surface area contributed by atoms with Crippen LogP contribution in [0.4, 0.5) is 0 Å². The van der Waals surface area contributed by atoms with Crippen LogP contribution in [0.2, 0.25) is 0 Å². The summed E-state index contributed by atoms with van der Waals surface area (Å²) in [4.78, 5) is 30.4. The number of ether oxygens (including phenoxy) is 1. The monoisotopic (exact) mass is 474 g/mol. The number of benzene rings is 3. The Hall–Kier alpha value is -4.11. The highest BCUT2D eigenvalue weighted by Gasteiger charge is 2.15. The van der Waals surface area contributed by atoms with E-state index in [0.29, 0.717) is 38.8 Å². The molecule has 3 aromatic carbocycles. The molecule has 1 heterocycles. The van der Waals surface area contributed by atoms with E-state index in [4.69, 9.17) is 4.74 Å². The molecular formula is C25H22N4O4S. The van der Waals surface area contributed by atoms with Crippen LogP contribution in [0.15, 0.2) is 87.8 Å². The number of para-hydroxylation sites is 2. The fourth-order valence-electron chi connectivity index (χ4n) is 3.32. The van der Waals surface area contributed by atoms with E-state index < -0.39 is 0 Å². The predicted octanol–water partition coefficient (Wildman–Crippen LogP) is 3.73. The zero-order chi connectivity index (χ0) is 24.1. The molecule has 0 saturated carbocycles. The smallest absolute Gasteiger partial charge is 0.266 e. The number of phenolic OH excluding ortho intramolecular Hbond substituents is 1. The van der Waals surface area contributed by atoms with Gasteiger partial charge in [0.1, 0.15) is 11.5 Å². The molecule has 34 heavy (non-hydrogen) atoms. The number of nitrogens with zero attached hydrogens (tertiary/aromatic N) is 3. The molecule has 4 aromatic rings. The Balaban J connectivity index is 1.59. The number of amides is 1. The van der Waals surface area contributed by atoms with E-state index in [1.54, 1.807) is 80.8 Å². The highest BCUT2D eigenvalue weighted by molar-refractivity contribution is 7.99. The van der Waals surface area contributed by atoms with Crippen molar-refractivity contribution in [3.63, 3.8) is 0 Å².